The SMILES string of the molecule is COC(=O)[C@H](C[C@@H]1CCNC1=O)NC(=O)[C@@H]1[C@@H]2[C@H](CN1C(=O)c1cc3ccc(F)c(F)c3[nH]1)C2(C)C. The van der Waals surface area contributed by atoms with Gasteiger partial charge in [-0.2, -0.15) is 0 Å². The van der Waals surface area contributed by atoms with Gasteiger partial charge in [0, 0.05) is 24.4 Å². The molecule has 2 saturated heterocycles. The highest BCUT2D eigenvalue weighted by Gasteiger charge is 2.69. The Kier molecular flexibility index (Phi) is 5.76. The number of aromatic nitrogens is 1. The molecule has 3 aliphatic rings. The number of rotatable bonds is 6. The van der Waals surface area contributed by atoms with Crippen LogP contribution in [0.25, 0.3) is 10.9 Å². The van der Waals surface area contributed by atoms with Gasteiger partial charge >= 0.3 is 5.97 Å². The summed E-state index contributed by atoms with van der Waals surface area (Å²) < 4.78 is 32.7. The van der Waals surface area contributed by atoms with E-state index in [-0.39, 0.29) is 40.8 Å². The van der Waals surface area contributed by atoms with Crippen molar-refractivity contribution in [2.45, 2.75) is 38.8 Å². The lowest BCUT2D eigenvalue weighted by atomic mass is 9.96. The maximum Gasteiger partial charge on any atom is 0.328 e. The first-order valence-electron chi connectivity index (χ1n) is 12.0. The number of hydrogen-bond donors (Lipinski definition) is 3. The third kappa shape index (κ3) is 3.81. The second-order valence-electron chi connectivity index (χ2n) is 10.5. The van der Waals surface area contributed by atoms with Crippen LogP contribution in [0.3, 0.4) is 0 Å². The summed E-state index contributed by atoms with van der Waals surface area (Å²) in [5, 5.41) is 5.77. The summed E-state index contributed by atoms with van der Waals surface area (Å²) in [5.41, 5.74) is -0.260. The number of ether oxygens (including phenoxy) is 1. The molecule has 1 aliphatic carbocycles. The fourth-order valence-electron chi connectivity index (χ4n) is 5.97. The van der Waals surface area contributed by atoms with Crippen molar-refractivity contribution < 1.29 is 32.7 Å². The highest BCUT2D eigenvalue weighted by atomic mass is 19.2. The molecule has 1 aromatic carbocycles. The summed E-state index contributed by atoms with van der Waals surface area (Å²) in [4.78, 5) is 55.6. The molecule has 1 saturated carbocycles. The predicted octanol–water partition coefficient (Wildman–Crippen LogP) is 1.73. The smallest absolute Gasteiger partial charge is 0.328 e. The van der Waals surface area contributed by atoms with Gasteiger partial charge in [-0.1, -0.05) is 13.8 Å². The summed E-state index contributed by atoms with van der Waals surface area (Å²) in [6.45, 7) is 4.86. The molecule has 5 atom stereocenters. The number of likely N-dealkylation sites (tertiary alicyclic amines) is 1. The van der Waals surface area contributed by atoms with Crippen LogP contribution in [0.1, 0.15) is 37.2 Å². The van der Waals surface area contributed by atoms with Crippen molar-refractivity contribution in [3.05, 3.63) is 35.5 Å². The van der Waals surface area contributed by atoms with Gasteiger partial charge in [0.25, 0.3) is 5.91 Å². The normalized spacial score (nSPS) is 26.9. The maximum absolute atomic E-state index is 14.2. The van der Waals surface area contributed by atoms with Crippen LogP contribution >= 0.6 is 0 Å². The van der Waals surface area contributed by atoms with Crippen LogP contribution in [0.5, 0.6) is 0 Å². The first-order valence-corrected chi connectivity index (χ1v) is 12.0. The molecular weight excluding hydrogens is 474 g/mol. The predicted molar refractivity (Wildman–Crippen MR) is 123 cm³/mol. The molecule has 192 valence electrons. The number of carbonyl (C=O) groups is 4. The minimum atomic E-state index is -1.08. The van der Waals surface area contributed by atoms with Gasteiger partial charge in [0.05, 0.1) is 12.6 Å². The lowest BCUT2D eigenvalue weighted by molar-refractivity contribution is -0.146. The maximum atomic E-state index is 14.2. The van der Waals surface area contributed by atoms with Gasteiger partial charge < -0.3 is 25.3 Å². The topological polar surface area (TPSA) is 121 Å². The van der Waals surface area contributed by atoms with Crippen molar-refractivity contribution in [3.8, 4) is 0 Å². The molecule has 11 heteroatoms. The Labute approximate surface area is 205 Å². The van der Waals surface area contributed by atoms with E-state index in [2.05, 4.69) is 15.6 Å². The van der Waals surface area contributed by atoms with Crippen LogP contribution < -0.4 is 10.6 Å². The number of H-pyrrole nitrogens is 1. The fraction of sp³-hybridized carbons (Fsp3) is 0.520. The molecule has 36 heavy (non-hydrogen) atoms. The number of nitrogens with one attached hydrogen (secondary N) is 3. The van der Waals surface area contributed by atoms with Crippen LogP contribution in [0.4, 0.5) is 8.78 Å². The number of carbonyl (C=O) groups excluding carboxylic acids is 4. The Morgan fingerprint density at radius 2 is 2.03 bits per heavy atom. The molecule has 2 aromatic rings. The van der Waals surface area contributed by atoms with Gasteiger partial charge in [-0.25, -0.2) is 13.6 Å². The second-order valence-corrected chi connectivity index (χ2v) is 10.5. The number of benzene rings is 1. The Balaban J connectivity index is 1.40. The van der Waals surface area contributed by atoms with E-state index >= 15 is 0 Å². The third-order valence-corrected chi connectivity index (χ3v) is 8.14. The van der Waals surface area contributed by atoms with E-state index in [4.69, 9.17) is 4.74 Å². The molecule has 1 aromatic heterocycles. The number of methoxy groups -OCH3 is 1. The average Bonchev–Trinajstić information content (AvgIpc) is 3.36. The molecule has 2 aliphatic heterocycles. The van der Waals surface area contributed by atoms with E-state index in [1.807, 2.05) is 13.8 Å². The highest BCUT2D eigenvalue weighted by molar-refractivity contribution is 6.01. The van der Waals surface area contributed by atoms with Crippen LogP contribution in [0.2, 0.25) is 0 Å². The van der Waals surface area contributed by atoms with Crippen LogP contribution in [0.15, 0.2) is 18.2 Å². The van der Waals surface area contributed by atoms with E-state index in [9.17, 15) is 28.0 Å². The molecule has 3 heterocycles. The first-order chi connectivity index (χ1) is 17.0. The van der Waals surface area contributed by atoms with Gasteiger partial charge in [-0.05, 0) is 48.3 Å². The van der Waals surface area contributed by atoms with Crippen molar-refractivity contribution in [2.75, 3.05) is 20.2 Å². The van der Waals surface area contributed by atoms with Crippen molar-refractivity contribution >= 4 is 34.6 Å². The molecule has 3 N–H and O–H groups in total. The summed E-state index contributed by atoms with van der Waals surface area (Å²) in [5.74, 6) is -4.47. The fourth-order valence-corrected chi connectivity index (χ4v) is 5.97. The molecule has 0 spiro atoms. The van der Waals surface area contributed by atoms with Crippen molar-refractivity contribution in [1.82, 2.24) is 20.5 Å². The average molecular weight is 503 g/mol. The third-order valence-electron chi connectivity index (χ3n) is 8.14. The molecule has 0 bridgehead atoms. The second kappa shape index (κ2) is 8.56. The lowest BCUT2D eigenvalue weighted by Crippen LogP contribution is -2.54. The molecule has 3 fully saturated rings. The van der Waals surface area contributed by atoms with Crippen molar-refractivity contribution in [3.63, 3.8) is 0 Å². The number of hydrogen-bond acceptors (Lipinski definition) is 5. The molecular formula is C25H28F2N4O5. The van der Waals surface area contributed by atoms with E-state index in [0.29, 0.717) is 24.9 Å². The van der Waals surface area contributed by atoms with Crippen LogP contribution in [0, 0.1) is 34.8 Å². The van der Waals surface area contributed by atoms with Gasteiger partial charge in [0.15, 0.2) is 11.6 Å². The van der Waals surface area contributed by atoms with Gasteiger partial charge in [-0.3, -0.25) is 14.4 Å². The molecule has 5 rings (SSSR count). The summed E-state index contributed by atoms with van der Waals surface area (Å²) in [7, 11) is 1.21. The van der Waals surface area contributed by atoms with E-state index in [0.717, 1.165) is 6.07 Å². The Hall–Kier alpha value is -3.50. The number of fused-ring (bicyclic) bond motifs is 2. The lowest BCUT2D eigenvalue weighted by Gasteiger charge is -2.31. The molecule has 0 radical (unpaired) electrons. The van der Waals surface area contributed by atoms with E-state index < -0.39 is 47.4 Å². The molecule has 0 unspecified atom stereocenters. The number of amides is 3. The summed E-state index contributed by atoms with van der Waals surface area (Å²) >= 11 is 0. The van der Waals surface area contributed by atoms with Crippen LogP contribution in [-0.4, -0.2) is 65.9 Å². The zero-order chi connectivity index (χ0) is 25.9. The monoisotopic (exact) mass is 502 g/mol. The minimum absolute atomic E-state index is 0.0403. The first kappa shape index (κ1) is 24.2. The molecule has 3 amide bonds. The quantitative estimate of drug-likeness (QED) is 0.520. The summed E-state index contributed by atoms with van der Waals surface area (Å²) in [6, 6.07) is 1.88. The largest absolute Gasteiger partial charge is 0.467 e. The minimum Gasteiger partial charge on any atom is -0.467 e. The molecule has 9 nitrogen and oxygen atoms in total. The Bertz CT molecular complexity index is 1270. The zero-order valence-electron chi connectivity index (χ0n) is 20.2. The highest BCUT2D eigenvalue weighted by Crippen LogP contribution is 2.65. The summed E-state index contributed by atoms with van der Waals surface area (Å²) in [6.07, 6.45) is 0.640. The Morgan fingerprint density at radius 1 is 1.28 bits per heavy atom. The zero-order valence-corrected chi connectivity index (χ0v) is 20.2. The van der Waals surface area contributed by atoms with Gasteiger partial charge in [0.1, 0.15) is 17.8 Å². The van der Waals surface area contributed by atoms with E-state index in [1.165, 1.54) is 24.1 Å². The number of halogens is 2. The van der Waals surface area contributed by atoms with Crippen molar-refractivity contribution in [2.24, 2.45) is 23.2 Å². The number of esters is 1. The van der Waals surface area contributed by atoms with Gasteiger partial charge in [-0.15, -0.1) is 0 Å². The van der Waals surface area contributed by atoms with Gasteiger partial charge in [0.2, 0.25) is 11.8 Å². The standard InChI is InChI=1S/C25H28F2N4O5/c1-25(2)13-10-31(23(34)15-8-11-4-5-14(26)18(27)19(11)29-15)20(17(13)25)22(33)30-16(24(35)36-3)9-12-6-7-28-21(12)32/h4-5,8,12-13,16-17,20,29H,6-7,9-10H2,1-3H3,(H,28,32)(H,30,33)/t12-,13-,16-,17-,20-/m0/s1. The number of nitrogens with zero attached hydrogens (tertiary/aromatic N) is 1. The van der Waals surface area contributed by atoms with Crippen LogP contribution in [-0.2, 0) is 19.1 Å². The number of piperidine rings is 1. The van der Waals surface area contributed by atoms with E-state index in [1.54, 1.807) is 0 Å². The van der Waals surface area contributed by atoms with Crippen molar-refractivity contribution in [1.29, 1.82) is 0 Å². The Morgan fingerprint density at radius 3 is 2.69 bits per heavy atom. The number of aromatic amines is 1.